The van der Waals surface area contributed by atoms with Gasteiger partial charge in [-0.3, -0.25) is 10.1 Å². The quantitative estimate of drug-likeness (QED) is 0.646. The first-order valence-electron chi connectivity index (χ1n) is 5.27. The fraction of sp³-hybridized carbons (Fsp3) is 0.600. The lowest BCUT2D eigenvalue weighted by atomic mass is 10.3. The monoisotopic (exact) mass is 208 g/mol. The van der Waals surface area contributed by atoms with Crippen molar-refractivity contribution >= 4 is 5.91 Å². The molecule has 0 spiro atoms. The molecule has 1 aliphatic rings. The maximum absolute atomic E-state index is 11.5. The number of aromatic amines is 1. The first kappa shape index (κ1) is 10.2. The van der Waals surface area contributed by atoms with Gasteiger partial charge in [-0.1, -0.05) is 0 Å². The van der Waals surface area contributed by atoms with Crippen molar-refractivity contribution in [2.75, 3.05) is 0 Å². The van der Waals surface area contributed by atoms with E-state index in [2.05, 4.69) is 20.6 Å². The third kappa shape index (κ3) is 3.06. The van der Waals surface area contributed by atoms with E-state index in [4.69, 9.17) is 0 Å². The van der Waals surface area contributed by atoms with Crippen LogP contribution in [0.4, 0.5) is 0 Å². The zero-order valence-corrected chi connectivity index (χ0v) is 8.79. The van der Waals surface area contributed by atoms with Crippen LogP contribution < -0.4 is 10.6 Å². The predicted molar refractivity (Wildman–Crippen MR) is 56.1 cm³/mol. The Kier molecular flexibility index (Phi) is 3.01. The van der Waals surface area contributed by atoms with Gasteiger partial charge in [-0.2, -0.15) is 0 Å². The van der Waals surface area contributed by atoms with E-state index in [0.717, 1.165) is 18.7 Å². The predicted octanol–water partition coefficient (Wildman–Crippen LogP) is 0.166. The minimum absolute atomic E-state index is 0.0732. The third-order valence-electron chi connectivity index (χ3n) is 2.45. The summed E-state index contributed by atoms with van der Waals surface area (Å²) in [7, 11) is 0. The smallest absolute Gasteiger partial charge is 0.237 e. The van der Waals surface area contributed by atoms with Gasteiger partial charge in [-0.05, 0) is 19.8 Å². The molecule has 5 heteroatoms. The molecule has 1 fully saturated rings. The van der Waals surface area contributed by atoms with Gasteiger partial charge in [0.2, 0.25) is 5.91 Å². The fourth-order valence-electron chi connectivity index (χ4n) is 1.29. The molecular weight excluding hydrogens is 192 g/mol. The Balaban J connectivity index is 1.71. The molecule has 0 bridgehead atoms. The van der Waals surface area contributed by atoms with Gasteiger partial charge < -0.3 is 10.3 Å². The Morgan fingerprint density at radius 1 is 1.73 bits per heavy atom. The summed E-state index contributed by atoms with van der Waals surface area (Å²) in [6, 6.07) is 0.251. The normalized spacial score (nSPS) is 17.4. The van der Waals surface area contributed by atoms with Crippen molar-refractivity contribution in [1.29, 1.82) is 0 Å². The van der Waals surface area contributed by atoms with Gasteiger partial charge in [0.25, 0.3) is 0 Å². The van der Waals surface area contributed by atoms with Crippen molar-refractivity contribution in [1.82, 2.24) is 20.6 Å². The van der Waals surface area contributed by atoms with Gasteiger partial charge in [0, 0.05) is 18.4 Å². The van der Waals surface area contributed by atoms with Crippen molar-refractivity contribution in [3.05, 3.63) is 18.2 Å². The second-order valence-electron chi connectivity index (χ2n) is 3.92. The third-order valence-corrected chi connectivity index (χ3v) is 2.45. The molecule has 1 aliphatic carbocycles. The molecule has 5 nitrogen and oxygen atoms in total. The number of aromatic nitrogens is 2. The number of nitrogens with one attached hydrogen (secondary N) is 3. The lowest BCUT2D eigenvalue weighted by molar-refractivity contribution is -0.122. The van der Waals surface area contributed by atoms with Crippen LogP contribution in [0.3, 0.4) is 0 Å². The topological polar surface area (TPSA) is 69.8 Å². The van der Waals surface area contributed by atoms with E-state index < -0.39 is 0 Å². The van der Waals surface area contributed by atoms with Crippen LogP contribution in [0.5, 0.6) is 0 Å². The number of nitrogens with zero attached hydrogens (tertiary/aromatic N) is 1. The van der Waals surface area contributed by atoms with E-state index in [1.165, 1.54) is 0 Å². The minimum Gasteiger partial charge on any atom is -0.352 e. The summed E-state index contributed by atoms with van der Waals surface area (Å²) < 4.78 is 0. The molecule has 1 atom stereocenters. The van der Waals surface area contributed by atoms with Crippen LogP contribution >= 0.6 is 0 Å². The number of carbonyl (C=O) groups is 1. The fourth-order valence-corrected chi connectivity index (χ4v) is 1.29. The zero-order valence-electron chi connectivity index (χ0n) is 8.79. The minimum atomic E-state index is -0.171. The van der Waals surface area contributed by atoms with Gasteiger partial charge in [-0.15, -0.1) is 0 Å². The first-order chi connectivity index (χ1) is 7.25. The van der Waals surface area contributed by atoms with E-state index in [9.17, 15) is 4.79 Å². The lowest BCUT2D eigenvalue weighted by Crippen LogP contribution is -2.42. The van der Waals surface area contributed by atoms with Crippen LogP contribution in [0.2, 0.25) is 0 Å². The lowest BCUT2D eigenvalue weighted by Gasteiger charge is -2.12. The van der Waals surface area contributed by atoms with Gasteiger partial charge in [0.05, 0.1) is 12.6 Å². The van der Waals surface area contributed by atoms with Crippen LogP contribution in [-0.4, -0.2) is 28.0 Å². The van der Waals surface area contributed by atoms with Crippen molar-refractivity contribution in [2.45, 2.75) is 38.4 Å². The number of hydrogen-bond donors (Lipinski definition) is 3. The summed E-state index contributed by atoms with van der Waals surface area (Å²) in [4.78, 5) is 18.6. The van der Waals surface area contributed by atoms with E-state index in [1.807, 2.05) is 6.92 Å². The number of hydrogen-bond acceptors (Lipinski definition) is 3. The van der Waals surface area contributed by atoms with Crippen molar-refractivity contribution in [3.8, 4) is 0 Å². The average Bonchev–Trinajstić information content (AvgIpc) is 2.88. The van der Waals surface area contributed by atoms with Crippen LogP contribution in [0.25, 0.3) is 0 Å². The highest BCUT2D eigenvalue weighted by atomic mass is 16.2. The number of rotatable bonds is 5. The SMILES string of the molecule is CC(NCc1ncc[nH]1)C(=O)NC1CC1. The summed E-state index contributed by atoms with van der Waals surface area (Å²) >= 11 is 0. The van der Waals surface area contributed by atoms with E-state index in [-0.39, 0.29) is 11.9 Å². The zero-order chi connectivity index (χ0) is 10.7. The van der Waals surface area contributed by atoms with Crippen LogP contribution in [0, 0.1) is 0 Å². The van der Waals surface area contributed by atoms with Gasteiger partial charge in [-0.25, -0.2) is 4.98 Å². The number of carbonyl (C=O) groups excluding carboxylic acids is 1. The molecule has 15 heavy (non-hydrogen) atoms. The highest BCUT2D eigenvalue weighted by molar-refractivity contribution is 5.81. The molecule has 1 amide bonds. The molecule has 2 rings (SSSR count). The molecule has 3 N–H and O–H groups in total. The Morgan fingerprint density at radius 2 is 2.53 bits per heavy atom. The first-order valence-corrected chi connectivity index (χ1v) is 5.27. The molecule has 1 aromatic rings. The Labute approximate surface area is 88.7 Å². The standard InChI is InChI=1S/C10H16N4O/c1-7(10(15)14-8-2-3-8)13-6-9-11-4-5-12-9/h4-5,7-8,13H,2-3,6H2,1H3,(H,11,12)(H,14,15). The average molecular weight is 208 g/mol. The Morgan fingerprint density at radius 3 is 3.13 bits per heavy atom. The Hall–Kier alpha value is -1.36. The van der Waals surface area contributed by atoms with Crippen molar-refractivity contribution < 1.29 is 4.79 Å². The van der Waals surface area contributed by atoms with E-state index in [1.54, 1.807) is 12.4 Å². The molecule has 0 aliphatic heterocycles. The summed E-state index contributed by atoms with van der Waals surface area (Å²) in [5.74, 6) is 0.921. The highest BCUT2D eigenvalue weighted by Gasteiger charge is 2.25. The molecule has 1 unspecified atom stereocenters. The van der Waals surface area contributed by atoms with Gasteiger partial charge in [0.1, 0.15) is 5.82 Å². The summed E-state index contributed by atoms with van der Waals surface area (Å²) in [5, 5.41) is 6.06. The molecule has 0 saturated heterocycles. The van der Waals surface area contributed by atoms with Crippen molar-refractivity contribution in [2.24, 2.45) is 0 Å². The number of amides is 1. The second kappa shape index (κ2) is 4.44. The summed E-state index contributed by atoms with van der Waals surface area (Å²) in [6.45, 7) is 2.45. The molecule has 1 saturated carbocycles. The molecule has 1 aromatic heterocycles. The van der Waals surface area contributed by atoms with E-state index >= 15 is 0 Å². The van der Waals surface area contributed by atoms with Crippen molar-refractivity contribution in [3.63, 3.8) is 0 Å². The molecule has 0 aromatic carbocycles. The number of H-pyrrole nitrogens is 1. The second-order valence-corrected chi connectivity index (χ2v) is 3.92. The maximum Gasteiger partial charge on any atom is 0.237 e. The summed E-state index contributed by atoms with van der Waals surface area (Å²) in [5.41, 5.74) is 0. The molecule has 1 heterocycles. The summed E-state index contributed by atoms with van der Waals surface area (Å²) in [6.07, 6.45) is 5.71. The highest BCUT2D eigenvalue weighted by Crippen LogP contribution is 2.18. The van der Waals surface area contributed by atoms with Gasteiger partial charge in [0.15, 0.2) is 0 Å². The van der Waals surface area contributed by atoms with E-state index in [0.29, 0.717) is 12.6 Å². The van der Waals surface area contributed by atoms with Crippen LogP contribution in [-0.2, 0) is 11.3 Å². The van der Waals surface area contributed by atoms with Gasteiger partial charge >= 0.3 is 0 Å². The Bertz CT molecular complexity index is 318. The number of imidazole rings is 1. The van der Waals surface area contributed by atoms with Crippen LogP contribution in [0.1, 0.15) is 25.6 Å². The molecule has 82 valence electrons. The largest absolute Gasteiger partial charge is 0.352 e. The molecular formula is C10H16N4O. The van der Waals surface area contributed by atoms with Crippen LogP contribution in [0.15, 0.2) is 12.4 Å². The maximum atomic E-state index is 11.5. The molecule has 0 radical (unpaired) electrons.